The number of nitrogens with zero attached hydrogens (tertiary/aromatic N) is 2. The van der Waals surface area contributed by atoms with E-state index in [-0.39, 0.29) is 6.09 Å². The minimum atomic E-state index is -0.466. The first-order valence-electron chi connectivity index (χ1n) is 8.07. The van der Waals surface area contributed by atoms with Gasteiger partial charge in [-0.05, 0) is 60.3 Å². The number of amides is 1. The SMILES string of the molecule is CC(C)(C)OC(=O)N1CC=C(C2=CCc3nc(N)c(Br)cc32)CC1. The van der Waals surface area contributed by atoms with Crippen molar-refractivity contribution in [2.45, 2.75) is 39.2 Å². The Balaban J connectivity index is 1.74. The number of fused-ring (bicyclic) bond motifs is 1. The average molecular weight is 392 g/mol. The van der Waals surface area contributed by atoms with Crippen LogP contribution >= 0.6 is 15.9 Å². The first-order chi connectivity index (χ1) is 11.2. The molecule has 2 aliphatic rings. The van der Waals surface area contributed by atoms with Crippen LogP contribution in [0.5, 0.6) is 0 Å². The van der Waals surface area contributed by atoms with E-state index in [0.29, 0.717) is 18.9 Å². The average Bonchev–Trinajstić information content (AvgIpc) is 2.89. The molecule has 2 N–H and O–H groups in total. The summed E-state index contributed by atoms with van der Waals surface area (Å²) in [6, 6.07) is 2.04. The second-order valence-corrected chi connectivity index (χ2v) is 7.93. The van der Waals surface area contributed by atoms with Crippen molar-refractivity contribution in [3.8, 4) is 0 Å². The summed E-state index contributed by atoms with van der Waals surface area (Å²) in [5, 5.41) is 0. The standard InChI is InChI=1S/C18H22BrN3O2/c1-18(2,3)24-17(23)22-8-6-11(7-9-22)12-4-5-15-13(12)10-14(19)16(20)21-15/h4,6,10H,5,7-9H2,1-3H3,(H2,20,21). The first-order valence-corrected chi connectivity index (χ1v) is 8.86. The number of hydrogen-bond acceptors (Lipinski definition) is 4. The Hall–Kier alpha value is -1.82. The molecule has 0 saturated carbocycles. The van der Waals surface area contributed by atoms with Gasteiger partial charge in [0.1, 0.15) is 11.4 Å². The van der Waals surface area contributed by atoms with E-state index in [9.17, 15) is 4.79 Å². The second-order valence-electron chi connectivity index (χ2n) is 7.08. The second kappa shape index (κ2) is 6.24. The number of pyridine rings is 1. The first kappa shape index (κ1) is 17.0. The van der Waals surface area contributed by atoms with Crippen molar-refractivity contribution in [2.75, 3.05) is 18.8 Å². The van der Waals surface area contributed by atoms with E-state index in [2.05, 4.69) is 33.1 Å². The molecule has 1 aliphatic carbocycles. The molecule has 0 spiro atoms. The van der Waals surface area contributed by atoms with Crippen LogP contribution in [0.1, 0.15) is 38.4 Å². The van der Waals surface area contributed by atoms with Gasteiger partial charge in [-0.3, -0.25) is 0 Å². The maximum absolute atomic E-state index is 12.2. The van der Waals surface area contributed by atoms with Gasteiger partial charge in [-0.25, -0.2) is 9.78 Å². The molecule has 0 saturated heterocycles. The number of nitrogen functional groups attached to an aromatic ring is 1. The van der Waals surface area contributed by atoms with E-state index in [1.165, 1.54) is 11.1 Å². The molecule has 3 rings (SSSR count). The quantitative estimate of drug-likeness (QED) is 0.786. The molecular weight excluding hydrogens is 370 g/mol. The lowest BCUT2D eigenvalue weighted by molar-refractivity contribution is 0.0267. The molecule has 1 aromatic heterocycles. The molecule has 0 radical (unpaired) electrons. The van der Waals surface area contributed by atoms with E-state index in [1.54, 1.807) is 4.90 Å². The summed E-state index contributed by atoms with van der Waals surface area (Å²) in [6.45, 7) is 6.88. The van der Waals surface area contributed by atoms with Crippen molar-refractivity contribution in [3.63, 3.8) is 0 Å². The third-order valence-electron chi connectivity index (χ3n) is 4.08. The van der Waals surface area contributed by atoms with Crippen LogP contribution in [0.4, 0.5) is 10.6 Å². The monoisotopic (exact) mass is 391 g/mol. The summed E-state index contributed by atoms with van der Waals surface area (Å²) < 4.78 is 6.26. The molecular formula is C18H22BrN3O2. The fraction of sp³-hybridized carbons (Fsp3) is 0.444. The highest BCUT2D eigenvalue weighted by atomic mass is 79.9. The molecule has 2 heterocycles. The fourth-order valence-corrected chi connectivity index (χ4v) is 3.27. The number of aromatic nitrogens is 1. The van der Waals surface area contributed by atoms with E-state index < -0.39 is 5.60 Å². The van der Waals surface area contributed by atoms with Gasteiger partial charge in [-0.15, -0.1) is 0 Å². The lowest BCUT2D eigenvalue weighted by Crippen LogP contribution is -2.39. The molecule has 0 aromatic carbocycles. The van der Waals surface area contributed by atoms with Crippen LogP contribution < -0.4 is 5.73 Å². The zero-order chi connectivity index (χ0) is 17.5. The van der Waals surface area contributed by atoms with Gasteiger partial charge in [0.05, 0.1) is 10.2 Å². The number of hydrogen-bond donors (Lipinski definition) is 1. The van der Waals surface area contributed by atoms with E-state index in [1.807, 2.05) is 26.8 Å². The molecule has 0 bridgehead atoms. The van der Waals surface area contributed by atoms with Gasteiger partial charge < -0.3 is 15.4 Å². The topological polar surface area (TPSA) is 68.5 Å². The largest absolute Gasteiger partial charge is 0.444 e. The van der Waals surface area contributed by atoms with E-state index in [4.69, 9.17) is 10.5 Å². The number of halogens is 1. The lowest BCUT2D eigenvalue weighted by atomic mass is 9.96. The maximum Gasteiger partial charge on any atom is 0.410 e. The lowest BCUT2D eigenvalue weighted by Gasteiger charge is -2.30. The van der Waals surface area contributed by atoms with Crippen molar-refractivity contribution in [2.24, 2.45) is 0 Å². The number of ether oxygens (including phenoxy) is 1. The number of carbonyl (C=O) groups excluding carboxylic acids is 1. The Morgan fingerprint density at radius 2 is 2.12 bits per heavy atom. The molecule has 128 valence electrons. The molecule has 0 fully saturated rings. The zero-order valence-electron chi connectivity index (χ0n) is 14.2. The van der Waals surface area contributed by atoms with Crippen molar-refractivity contribution in [1.29, 1.82) is 0 Å². The van der Waals surface area contributed by atoms with Crippen LogP contribution in [0.25, 0.3) is 5.57 Å². The Labute approximate surface area is 150 Å². The van der Waals surface area contributed by atoms with Crippen LogP contribution in [0.2, 0.25) is 0 Å². The predicted molar refractivity (Wildman–Crippen MR) is 98.5 cm³/mol. The molecule has 0 atom stereocenters. The van der Waals surface area contributed by atoms with E-state index in [0.717, 1.165) is 28.6 Å². The van der Waals surface area contributed by atoms with Crippen LogP contribution in [-0.2, 0) is 11.2 Å². The van der Waals surface area contributed by atoms with Gasteiger partial charge in [0.25, 0.3) is 0 Å². The van der Waals surface area contributed by atoms with Crippen LogP contribution in [-0.4, -0.2) is 34.7 Å². The molecule has 1 aliphatic heterocycles. The predicted octanol–water partition coefficient (Wildman–Crippen LogP) is 3.93. The summed E-state index contributed by atoms with van der Waals surface area (Å²) in [7, 11) is 0. The summed E-state index contributed by atoms with van der Waals surface area (Å²) in [6.07, 6.45) is 5.66. The van der Waals surface area contributed by atoms with Gasteiger partial charge in [-0.1, -0.05) is 12.2 Å². The van der Waals surface area contributed by atoms with Crippen LogP contribution in [0, 0.1) is 0 Å². The Morgan fingerprint density at radius 3 is 2.75 bits per heavy atom. The third-order valence-corrected chi connectivity index (χ3v) is 4.71. The highest BCUT2D eigenvalue weighted by molar-refractivity contribution is 9.10. The number of rotatable bonds is 1. The Kier molecular flexibility index (Phi) is 4.42. The molecule has 6 heteroatoms. The van der Waals surface area contributed by atoms with Crippen molar-refractivity contribution in [3.05, 3.63) is 39.5 Å². The number of nitrogens with two attached hydrogens (primary N) is 1. The minimum Gasteiger partial charge on any atom is -0.444 e. The molecule has 1 amide bonds. The summed E-state index contributed by atoms with van der Waals surface area (Å²) in [5.74, 6) is 0.525. The molecule has 24 heavy (non-hydrogen) atoms. The summed E-state index contributed by atoms with van der Waals surface area (Å²) in [4.78, 5) is 18.3. The normalized spacial score (nSPS) is 17.2. The fourth-order valence-electron chi connectivity index (χ4n) is 2.95. The molecule has 5 nitrogen and oxygen atoms in total. The van der Waals surface area contributed by atoms with Crippen LogP contribution in [0.15, 0.2) is 28.3 Å². The maximum atomic E-state index is 12.2. The zero-order valence-corrected chi connectivity index (χ0v) is 15.8. The molecule has 0 unspecified atom stereocenters. The number of allylic oxidation sites excluding steroid dienone is 2. The van der Waals surface area contributed by atoms with Gasteiger partial charge in [0, 0.05) is 25.1 Å². The van der Waals surface area contributed by atoms with E-state index >= 15 is 0 Å². The highest BCUT2D eigenvalue weighted by Gasteiger charge is 2.26. The highest BCUT2D eigenvalue weighted by Crippen LogP contribution is 2.37. The summed E-state index contributed by atoms with van der Waals surface area (Å²) >= 11 is 3.45. The van der Waals surface area contributed by atoms with Crippen molar-refractivity contribution in [1.82, 2.24) is 9.88 Å². The smallest absolute Gasteiger partial charge is 0.410 e. The van der Waals surface area contributed by atoms with Gasteiger partial charge >= 0.3 is 6.09 Å². The van der Waals surface area contributed by atoms with Gasteiger partial charge in [0.2, 0.25) is 0 Å². The van der Waals surface area contributed by atoms with Crippen LogP contribution in [0.3, 0.4) is 0 Å². The third kappa shape index (κ3) is 3.48. The number of carbonyl (C=O) groups is 1. The van der Waals surface area contributed by atoms with Gasteiger partial charge in [-0.2, -0.15) is 0 Å². The van der Waals surface area contributed by atoms with Crippen molar-refractivity contribution < 1.29 is 9.53 Å². The van der Waals surface area contributed by atoms with Gasteiger partial charge in [0.15, 0.2) is 0 Å². The Morgan fingerprint density at radius 1 is 1.38 bits per heavy atom. The number of anilines is 1. The molecule has 1 aromatic rings. The summed E-state index contributed by atoms with van der Waals surface area (Å²) in [5.41, 5.74) is 10.0. The van der Waals surface area contributed by atoms with Crippen molar-refractivity contribution >= 4 is 33.4 Å². The minimum absolute atomic E-state index is 0.254. The Bertz CT molecular complexity index is 747.